The lowest BCUT2D eigenvalue weighted by Crippen LogP contribution is -2.17. The van der Waals surface area contributed by atoms with Gasteiger partial charge in [0.25, 0.3) is 0 Å². The average Bonchev–Trinajstić information content (AvgIpc) is 2.22. The summed E-state index contributed by atoms with van der Waals surface area (Å²) in [5, 5.41) is 2.15. The molecule has 1 aromatic rings. The van der Waals surface area contributed by atoms with Crippen molar-refractivity contribution in [1.82, 2.24) is 9.97 Å². The van der Waals surface area contributed by atoms with Crippen LogP contribution in [0.3, 0.4) is 0 Å². The van der Waals surface area contributed by atoms with Crippen molar-refractivity contribution in [2.45, 2.75) is 63.7 Å². The Morgan fingerprint density at radius 2 is 1.88 bits per heavy atom. The van der Waals surface area contributed by atoms with Gasteiger partial charge in [0.2, 0.25) is 0 Å². The highest BCUT2D eigenvalue weighted by Crippen LogP contribution is 2.31. The van der Waals surface area contributed by atoms with E-state index >= 15 is 0 Å². The second kappa shape index (κ2) is 5.57. The van der Waals surface area contributed by atoms with E-state index in [9.17, 15) is 0 Å². The maximum atomic E-state index is 6.19. The highest BCUT2D eigenvalue weighted by Gasteiger charge is 2.21. The molecule has 0 aliphatic heterocycles. The predicted molar refractivity (Wildman–Crippen MR) is 76.1 cm³/mol. The second-order valence-electron chi connectivity index (χ2n) is 5.35. The molecule has 0 saturated heterocycles. The van der Waals surface area contributed by atoms with E-state index in [1.807, 2.05) is 6.92 Å². The minimum Gasteiger partial charge on any atom is -0.226 e. The largest absolute Gasteiger partial charge is 0.226 e. The van der Waals surface area contributed by atoms with Crippen molar-refractivity contribution in [2.24, 2.45) is 0 Å². The van der Waals surface area contributed by atoms with Crippen molar-refractivity contribution in [2.75, 3.05) is 0 Å². The molecule has 1 heterocycles. The Labute approximate surface area is 114 Å². The van der Waals surface area contributed by atoms with Crippen LogP contribution in [-0.4, -0.2) is 15.2 Å². The summed E-state index contributed by atoms with van der Waals surface area (Å²) in [5.74, 6) is 0.818. The molecule has 17 heavy (non-hydrogen) atoms. The second-order valence-corrected chi connectivity index (χ2v) is 7.14. The van der Waals surface area contributed by atoms with E-state index in [4.69, 9.17) is 11.6 Å². The molecule has 1 rings (SSSR count). The van der Waals surface area contributed by atoms with Crippen molar-refractivity contribution < 1.29 is 0 Å². The molecule has 0 spiro atoms. The van der Waals surface area contributed by atoms with E-state index in [1.165, 1.54) is 0 Å². The van der Waals surface area contributed by atoms with Crippen molar-refractivity contribution in [3.8, 4) is 0 Å². The van der Waals surface area contributed by atoms with Gasteiger partial charge in [0.15, 0.2) is 0 Å². The van der Waals surface area contributed by atoms with Crippen molar-refractivity contribution in [1.29, 1.82) is 0 Å². The quantitative estimate of drug-likeness (QED) is 0.593. The van der Waals surface area contributed by atoms with Crippen molar-refractivity contribution >= 4 is 23.4 Å². The third-order valence-electron chi connectivity index (χ3n) is 2.60. The van der Waals surface area contributed by atoms with Crippen molar-refractivity contribution in [3.63, 3.8) is 0 Å². The summed E-state index contributed by atoms with van der Waals surface area (Å²) in [5.41, 5.74) is 0.923. The van der Waals surface area contributed by atoms with Gasteiger partial charge in [-0.25, -0.2) is 9.97 Å². The number of halogens is 1. The summed E-state index contributed by atoms with van der Waals surface area (Å²) in [4.78, 5) is 9.04. The Balaban J connectivity index is 3.16. The number of thioether (sulfide) groups is 1. The Morgan fingerprint density at radius 3 is 2.35 bits per heavy atom. The fraction of sp³-hybridized carbons (Fsp3) is 0.692. The molecule has 0 radical (unpaired) electrons. The third-order valence-corrected chi connectivity index (χ3v) is 4.32. The van der Waals surface area contributed by atoms with Crippen molar-refractivity contribution in [3.05, 3.63) is 16.5 Å². The maximum absolute atomic E-state index is 6.19. The standard InChI is InChI=1S/C13H21ClN2S/c1-7-8(2)17-11-9(3)10(14)15-12(16-11)13(4,5)6/h8H,7H2,1-6H3. The summed E-state index contributed by atoms with van der Waals surface area (Å²) in [7, 11) is 0. The normalized spacial score (nSPS) is 13.8. The smallest absolute Gasteiger partial charge is 0.136 e. The van der Waals surface area contributed by atoms with Gasteiger partial charge in [-0.1, -0.05) is 46.2 Å². The Hall–Kier alpha value is -0.280. The van der Waals surface area contributed by atoms with E-state index in [1.54, 1.807) is 11.8 Å². The molecule has 1 unspecified atom stereocenters. The number of hydrogen-bond donors (Lipinski definition) is 0. The zero-order chi connectivity index (χ0) is 13.2. The molecule has 2 nitrogen and oxygen atoms in total. The molecule has 0 amide bonds. The number of nitrogens with zero attached hydrogens (tertiary/aromatic N) is 2. The molecule has 0 saturated carbocycles. The van der Waals surface area contributed by atoms with Gasteiger partial charge in [0, 0.05) is 16.2 Å². The summed E-state index contributed by atoms with van der Waals surface area (Å²) in [6, 6.07) is 0. The van der Waals surface area contributed by atoms with Crippen LogP contribution in [0.4, 0.5) is 0 Å². The van der Waals surface area contributed by atoms with Gasteiger partial charge in [-0.2, -0.15) is 0 Å². The molecule has 0 aromatic carbocycles. The summed E-state index contributed by atoms with van der Waals surface area (Å²) < 4.78 is 0. The van der Waals surface area contributed by atoms with Gasteiger partial charge in [-0.05, 0) is 13.3 Å². The van der Waals surface area contributed by atoms with Crippen LogP contribution in [0.25, 0.3) is 0 Å². The van der Waals surface area contributed by atoms with E-state index in [2.05, 4.69) is 44.6 Å². The maximum Gasteiger partial charge on any atom is 0.136 e. The van der Waals surface area contributed by atoms with Crippen LogP contribution in [0.15, 0.2) is 5.03 Å². The summed E-state index contributed by atoms with van der Waals surface area (Å²) >= 11 is 7.97. The van der Waals surface area contributed by atoms with Gasteiger partial charge < -0.3 is 0 Å². The van der Waals surface area contributed by atoms with Gasteiger partial charge in [0.05, 0.1) is 0 Å². The van der Waals surface area contributed by atoms with Crippen LogP contribution in [0.5, 0.6) is 0 Å². The molecular weight excluding hydrogens is 252 g/mol. The molecule has 1 atom stereocenters. The topological polar surface area (TPSA) is 25.8 Å². The molecule has 0 N–H and O–H groups in total. The monoisotopic (exact) mass is 272 g/mol. The molecule has 0 aliphatic rings. The van der Waals surface area contributed by atoms with E-state index in [-0.39, 0.29) is 5.41 Å². The number of hydrogen-bond acceptors (Lipinski definition) is 3. The minimum absolute atomic E-state index is 0.0674. The molecular formula is C13H21ClN2S. The van der Waals surface area contributed by atoms with E-state index in [0.29, 0.717) is 10.4 Å². The highest BCUT2D eigenvalue weighted by molar-refractivity contribution is 7.99. The van der Waals surface area contributed by atoms with Crippen LogP contribution < -0.4 is 0 Å². The molecule has 0 aliphatic carbocycles. The first-order valence-electron chi connectivity index (χ1n) is 5.97. The minimum atomic E-state index is -0.0674. The first-order valence-corrected chi connectivity index (χ1v) is 7.22. The predicted octanol–water partition coefficient (Wildman–Crippen LogP) is 4.63. The molecule has 0 bridgehead atoms. The number of rotatable bonds is 3. The Bertz CT molecular complexity index is 399. The average molecular weight is 273 g/mol. The van der Waals surface area contributed by atoms with Gasteiger partial charge in [-0.15, -0.1) is 11.8 Å². The van der Waals surface area contributed by atoms with E-state index < -0.39 is 0 Å². The number of aromatic nitrogens is 2. The highest BCUT2D eigenvalue weighted by atomic mass is 35.5. The Morgan fingerprint density at radius 1 is 1.29 bits per heavy atom. The molecule has 4 heteroatoms. The summed E-state index contributed by atoms with van der Waals surface area (Å²) in [6.07, 6.45) is 1.12. The molecule has 96 valence electrons. The first kappa shape index (κ1) is 14.8. The fourth-order valence-electron chi connectivity index (χ4n) is 1.19. The van der Waals surface area contributed by atoms with Gasteiger partial charge in [0.1, 0.15) is 16.0 Å². The lowest BCUT2D eigenvalue weighted by Gasteiger charge is -2.19. The van der Waals surface area contributed by atoms with Crippen LogP contribution >= 0.6 is 23.4 Å². The first-order chi connectivity index (χ1) is 7.75. The third kappa shape index (κ3) is 3.85. The molecule has 1 aromatic heterocycles. The van der Waals surface area contributed by atoms with Gasteiger partial charge >= 0.3 is 0 Å². The van der Waals surface area contributed by atoms with Crippen LogP contribution in [-0.2, 0) is 5.41 Å². The van der Waals surface area contributed by atoms with Crippen LogP contribution in [0, 0.1) is 6.92 Å². The lowest BCUT2D eigenvalue weighted by molar-refractivity contribution is 0.537. The molecule has 0 fully saturated rings. The zero-order valence-corrected chi connectivity index (χ0v) is 13.0. The summed E-state index contributed by atoms with van der Waals surface area (Å²) in [6.45, 7) is 12.7. The van der Waals surface area contributed by atoms with Crippen LogP contribution in [0.2, 0.25) is 5.15 Å². The Kier molecular flexibility index (Phi) is 4.85. The van der Waals surface area contributed by atoms with Gasteiger partial charge in [-0.3, -0.25) is 0 Å². The SMILES string of the molecule is CCC(C)Sc1nc(C(C)(C)C)nc(Cl)c1C. The lowest BCUT2D eigenvalue weighted by atomic mass is 9.96. The van der Waals surface area contributed by atoms with E-state index in [0.717, 1.165) is 22.8 Å². The van der Waals surface area contributed by atoms with Crippen LogP contribution in [0.1, 0.15) is 52.4 Å². The fourth-order valence-corrected chi connectivity index (χ4v) is 2.38. The zero-order valence-electron chi connectivity index (χ0n) is 11.5.